The maximum absolute atomic E-state index is 10.6. The summed E-state index contributed by atoms with van der Waals surface area (Å²) in [6, 6.07) is 0. The fourth-order valence-corrected chi connectivity index (χ4v) is 0.831. The van der Waals surface area contributed by atoms with Gasteiger partial charge in [-0.25, -0.2) is 0 Å². The Labute approximate surface area is 71.5 Å². The highest BCUT2D eigenvalue weighted by atomic mass is 32.2. The third-order valence-electron chi connectivity index (χ3n) is 1.06. The Kier molecular flexibility index (Phi) is 4.84. The van der Waals surface area contributed by atoms with Crippen LogP contribution in [0.25, 0.3) is 0 Å². The summed E-state index contributed by atoms with van der Waals surface area (Å²) in [5.41, 5.74) is 0. The highest BCUT2D eigenvalue weighted by Crippen LogP contribution is 1.91. The summed E-state index contributed by atoms with van der Waals surface area (Å²) in [7, 11) is -4.01. The molecule has 0 saturated carbocycles. The van der Waals surface area contributed by atoms with E-state index in [2.05, 4.69) is 4.74 Å². The van der Waals surface area contributed by atoms with Crippen LogP contribution in [-0.4, -0.2) is 31.3 Å². The van der Waals surface area contributed by atoms with Crippen molar-refractivity contribution in [2.45, 2.75) is 19.8 Å². The average molecular weight is 196 g/mol. The molecule has 0 unspecified atom stereocenters. The van der Waals surface area contributed by atoms with E-state index < -0.39 is 21.8 Å². The van der Waals surface area contributed by atoms with Crippen molar-refractivity contribution in [3.05, 3.63) is 0 Å². The zero-order valence-corrected chi connectivity index (χ0v) is 7.63. The van der Waals surface area contributed by atoms with Gasteiger partial charge in [0.15, 0.2) is 0 Å². The second-order valence-electron chi connectivity index (χ2n) is 2.26. The zero-order chi connectivity index (χ0) is 9.61. The average Bonchev–Trinajstić information content (AvgIpc) is 1.84. The number of esters is 1. The first-order valence-corrected chi connectivity index (χ1v) is 5.17. The number of rotatable bonds is 5. The van der Waals surface area contributed by atoms with Crippen molar-refractivity contribution in [1.82, 2.24) is 0 Å². The van der Waals surface area contributed by atoms with E-state index in [1.54, 1.807) is 0 Å². The molecule has 0 amide bonds. The quantitative estimate of drug-likeness (QED) is 0.502. The Morgan fingerprint density at radius 1 is 1.50 bits per heavy atom. The van der Waals surface area contributed by atoms with E-state index >= 15 is 0 Å². The molecule has 0 aliphatic heterocycles. The summed E-state index contributed by atoms with van der Waals surface area (Å²) in [4.78, 5) is 10.6. The van der Waals surface area contributed by atoms with Crippen LogP contribution in [0.5, 0.6) is 0 Å². The van der Waals surface area contributed by atoms with Crippen LogP contribution in [0.1, 0.15) is 19.8 Å². The number of carbonyl (C=O) groups is 1. The maximum atomic E-state index is 10.6. The molecule has 6 heteroatoms. The molecule has 12 heavy (non-hydrogen) atoms. The van der Waals surface area contributed by atoms with Crippen molar-refractivity contribution < 1.29 is 22.5 Å². The molecule has 0 rings (SSSR count). The van der Waals surface area contributed by atoms with E-state index in [1.165, 1.54) is 0 Å². The highest BCUT2D eigenvalue weighted by Gasteiger charge is 2.06. The van der Waals surface area contributed by atoms with Gasteiger partial charge in [0.2, 0.25) is 0 Å². The fourth-order valence-electron chi connectivity index (χ4n) is 0.537. The number of hydrogen-bond donors (Lipinski definition) is 1. The normalized spacial score (nSPS) is 11.2. The maximum Gasteiger partial charge on any atom is 0.305 e. The molecule has 0 aliphatic carbocycles. The van der Waals surface area contributed by atoms with E-state index in [1.807, 2.05) is 6.92 Å². The minimum absolute atomic E-state index is 0.269. The highest BCUT2D eigenvalue weighted by molar-refractivity contribution is 7.85. The third-order valence-corrected chi connectivity index (χ3v) is 1.74. The van der Waals surface area contributed by atoms with Gasteiger partial charge in [0.25, 0.3) is 10.1 Å². The van der Waals surface area contributed by atoms with Crippen LogP contribution in [0.15, 0.2) is 0 Å². The minimum atomic E-state index is -4.01. The van der Waals surface area contributed by atoms with Crippen molar-refractivity contribution >= 4 is 16.1 Å². The largest absolute Gasteiger partial charge is 0.464 e. The number of carbonyl (C=O) groups excluding carboxylic acids is 1. The lowest BCUT2D eigenvalue weighted by atomic mass is 10.3. The molecule has 0 spiro atoms. The molecule has 0 aromatic rings. The monoisotopic (exact) mass is 196 g/mol. The molecule has 5 nitrogen and oxygen atoms in total. The summed E-state index contributed by atoms with van der Waals surface area (Å²) in [5, 5.41) is 0. The molecule has 0 saturated heterocycles. The Morgan fingerprint density at radius 2 is 2.08 bits per heavy atom. The molecule has 0 radical (unpaired) electrons. The van der Waals surface area contributed by atoms with Gasteiger partial charge in [-0.3, -0.25) is 9.35 Å². The predicted octanol–water partition coefficient (Wildman–Crippen LogP) is 0.217. The van der Waals surface area contributed by atoms with Crippen LogP contribution in [0.2, 0.25) is 0 Å². The summed E-state index contributed by atoms with van der Waals surface area (Å²) < 4.78 is 33.0. The lowest BCUT2D eigenvalue weighted by Crippen LogP contribution is -2.14. The number of ether oxygens (including phenoxy) is 1. The van der Waals surface area contributed by atoms with Gasteiger partial charge in [-0.2, -0.15) is 8.42 Å². The predicted molar refractivity (Wildman–Crippen MR) is 42.3 cm³/mol. The third kappa shape index (κ3) is 7.49. The van der Waals surface area contributed by atoms with Crippen LogP contribution in [0.4, 0.5) is 0 Å². The van der Waals surface area contributed by atoms with Crippen LogP contribution in [0.3, 0.4) is 0 Å². The molecular weight excluding hydrogens is 184 g/mol. The molecule has 0 bridgehead atoms. The van der Waals surface area contributed by atoms with Gasteiger partial charge in [-0.05, 0) is 6.42 Å². The van der Waals surface area contributed by atoms with E-state index in [-0.39, 0.29) is 13.0 Å². The van der Waals surface area contributed by atoms with Crippen molar-refractivity contribution in [1.29, 1.82) is 0 Å². The second kappa shape index (κ2) is 5.10. The molecule has 0 heterocycles. The van der Waals surface area contributed by atoms with Crippen LogP contribution >= 0.6 is 0 Å². The van der Waals surface area contributed by atoms with Gasteiger partial charge in [0, 0.05) is 6.42 Å². The van der Waals surface area contributed by atoms with E-state index in [4.69, 9.17) is 4.55 Å². The molecular formula is C6H12O5S. The van der Waals surface area contributed by atoms with Gasteiger partial charge < -0.3 is 4.74 Å². The van der Waals surface area contributed by atoms with Crippen molar-refractivity contribution in [3.63, 3.8) is 0 Å². The van der Waals surface area contributed by atoms with Crippen molar-refractivity contribution in [3.8, 4) is 0 Å². The lowest BCUT2D eigenvalue weighted by Gasteiger charge is -2.00. The van der Waals surface area contributed by atoms with Gasteiger partial charge in [-0.1, -0.05) is 6.92 Å². The first-order valence-electron chi connectivity index (χ1n) is 3.56. The molecule has 0 aromatic carbocycles. The van der Waals surface area contributed by atoms with E-state index in [9.17, 15) is 13.2 Å². The van der Waals surface area contributed by atoms with Crippen LogP contribution < -0.4 is 0 Å². The van der Waals surface area contributed by atoms with Crippen molar-refractivity contribution in [2.24, 2.45) is 0 Å². The molecule has 72 valence electrons. The smallest absolute Gasteiger partial charge is 0.305 e. The minimum Gasteiger partial charge on any atom is -0.464 e. The molecule has 0 atom stereocenters. The fraction of sp³-hybridized carbons (Fsp3) is 0.833. The molecule has 0 aromatic heterocycles. The van der Waals surface area contributed by atoms with Crippen LogP contribution in [0, 0.1) is 0 Å². The topological polar surface area (TPSA) is 80.7 Å². The first-order chi connectivity index (χ1) is 5.45. The Hall–Kier alpha value is -0.620. The van der Waals surface area contributed by atoms with Gasteiger partial charge in [-0.15, -0.1) is 0 Å². The first kappa shape index (κ1) is 11.4. The molecule has 0 aliphatic rings. The Balaban J connectivity index is 3.51. The van der Waals surface area contributed by atoms with Crippen LogP contribution in [-0.2, 0) is 19.6 Å². The second-order valence-corrected chi connectivity index (χ2v) is 3.83. The van der Waals surface area contributed by atoms with E-state index in [0.29, 0.717) is 6.42 Å². The Morgan fingerprint density at radius 3 is 2.50 bits per heavy atom. The summed E-state index contributed by atoms with van der Waals surface area (Å²) in [5.74, 6) is -0.983. The molecule has 1 N–H and O–H groups in total. The summed E-state index contributed by atoms with van der Waals surface area (Å²) in [6.07, 6.45) is 0.927. The van der Waals surface area contributed by atoms with E-state index in [0.717, 1.165) is 0 Å². The van der Waals surface area contributed by atoms with Gasteiger partial charge >= 0.3 is 5.97 Å². The number of hydrogen-bond acceptors (Lipinski definition) is 4. The summed E-state index contributed by atoms with van der Waals surface area (Å²) in [6.45, 7) is 1.53. The summed E-state index contributed by atoms with van der Waals surface area (Å²) >= 11 is 0. The zero-order valence-electron chi connectivity index (χ0n) is 6.82. The lowest BCUT2D eigenvalue weighted by molar-refractivity contribution is -0.143. The standard InChI is InChI=1S/C6H12O5S/c1-2-3-6(7)11-4-5-12(8,9)10/h2-5H2,1H3,(H,8,9,10). The SMILES string of the molecule is CCCC(=O)OCCS(=O)(=O)O. The Bertz CT molecular complexity index is 230. The molecule has 0 fully saturated rings. The van der Waals surface area contributed by atoms with Crippen molar-refractivity contribution in [2.75, 3.05) is 12.4 Å². The van der Waals surface area contributed by atoms with Gasteiger partial charge in [0.05, 0.1) is 0 Å². The van der Waals surface area contributed by atoms with Gasteiger partial charge in [0.1, 0.15) is 12.4 Å².